The third-order valence-corrected chi connectivity index (χ3v) is 2.08. The van der Waals surface area contributed by atoms with Gasteiger partial charge in [-0.3, -0.25) is 5.43 Å². The van der Waals surface area contributed by atoms with Crippen molar-refractivity contribution in [1.29, 1.82) is 0 Å². The number of nitrogen functional groups attached to an aromatic ring is 1. The van der Waals surface area contributed by atoms with Crippen LogP contribution < -0.4 is 16.2 Å². The van der Waals surface area contributed by atoms with Crippen molar-refractivity contribution in [3.8, 4) is 0 Å². The number of hydrogen-bond donors (Lipinski definition) is 2. The van der Waals surface area contributed by atoms with Crippen molar-refractivity contribution in [2.24, 2.45) is 5.84 Å². The van der Waals surface area contributed by atoms with E-state index in [9.17, 15) is 13.2 Å². The predicted octanol–water partition coefficient (Wildman–Crippen LogP) is 1.63. The Hall–Kier alpha value is -1.57. The molecule has 0 fully saturated rings. The molecule has 17 heavy (non-hydrogen) atoms. The van der Waals surface area contributed by atoms with Gasteiger partial charge in [-0.15, -0.1) is 0 Å². The molecule has 0 saturated heterocycles. The van der Waals surface area contributed by atoms with E-state index in [0.29, 0.717) is 6.54 Å². The maximum atomic E-state index is 12.6. The molecular weight excluding hydrogens is 235 g/mol. The van der Waals surface area contributed by atoms with Crippen molar-refractivity contribution in [1.82, 2.24) is 9.97 Å². The van der Waals surface area contributed by atoms with Crippen molar-refractivity contribution in [3.05, 3.63) is 11.8 Å². The van der Waals surface area contributed by atoms with E-state index in [1.807, 2.05) is 12.3 Å². The molecule has 8 heteroatoms. The smallest absolute Gasteiger partial charge is 0.360 e. The summed E-state index contributed by atoms with van der Waals surface area (Å²) in [4.78, 5) is 8.74. The highest BCUT2D eigenvalue weighted by molar-refractivity contribution is 5.44. The Bertz CT molecular complexity index is 379. The number of hydrogen-bond acceptors (Lipinski definition) is 5. The third-order valence-electron chi connectivity index (χ3n) is 2.08. The zero-order valence-corrected chi connectivity index (χ0v) is 9.54. The highest BCUT2D eigenvalue weighted by Crippen LogP contribution is 2.30. The van der Waals surface area contributed by atoms with Gasteiger partial charge in [-0.25, -0.2) is 10.8 Å². The summed E-state index contributed by atoms with van der Waals surface area (Å²) in [5.41, 5.74) is 1.01. The molecule has 0 saturated carbocycles. The van der Waals surface area contributed by atoms with Crippen LogP contribution in [0.3, 0.4) is 0 Å². The van der Waals surface area contributed by atoms with Gasteiger partial charge in [0.2, 0.25) is 5.95 Å². The standard InChI is InChI=1S/C9H14F3N5/c1-3-4-17(2)7-5-6(9(10,11)12)14-8(15-7)16-13/h5H,3-4,13H2,1-2H3,(H,14,15,16). The lowest BCUT2D eigenvalue weighted by Gasteiger charge is -2.19. The van der Waals surface area contributed by atoms with Gasteiger partial charge in [-0.2, -0.15) is 18.2 Å². The van der Waals surface area contributed by atoms with Crippen molar-refractivity contribution < 1.29 is 13.2 Å². The zero-order chi connectivity index (χ0) is 13.1. The van der Waals surface area contributed by atoms with Gasteiger partial charge in [0.15, 0.2) is 5.69 Å². The summed E-state index contributed by atoms with van der Waals surface area (Å²) in [6, 6.07) is 0.899. The summed E-state index contributed by atoms with van der Waals surface area (Å²) in [6.07, 6.45) is -3.72. The first-order valence-corrected chi connectivity index (χ1v) is 5.02. The largest absolute Gasteiger partial charge is 0.433 e. The van der Waals surface area contributed by atoms with Gasteiger partial charge < -0.3 is 4.90 Å². The molecule has 1 rings (SSSR count). The maximum Gasteiger partial charge on any atom is 0.433 e. The number of rotatable bonds is 4. The van der Waals surface area contributed by atoms with Gasteiger partial charge in [0.25, 0.3) is 0 Å². The molecule has 0 radical (unpaired) electrons. The zero-order valence-electron chi connectivity index (χ0n) is 9.54. The molecule has 0 aliphatic carbocycles. The van der Waals surface area contributed by atoms with E-state index in [0.717, 1.165) is 12.5 Å². The van der Waals surface area contributed by atoms with Crippen LogP contribution >= 0.6 is 0 Å². The van der Waals surface area contributed by atoms with Crippen LogP contribution in [0.4, 0.5) is 24.9 Å². The molecule has 1 aromatic heterocycles. The summed E-state index contributed by atoms with van der Waals surface area (Å²) in [7, 11) is 1.66. The number of hydrazine groups is 1. The number of nitrogens with zero attached hydrogens (tertiary/aromatic N) is 3. The predicted molar refractivity (Wildman–Crippen MR) is 58.4 cm³/mol. The molecule has 0 unspecified atom stereocenters. The Balaban J connectivity index is 3.14. The molecule has 0 amide bonds. The van der Waals surface area contributed by atoms with Gasteiger partial charge in [-0.1, -0.05) is 6.92 Å². The second-order valence-corrected chi connectivity index (χ2v) is 3.50. The Morgan fingerprint density at radius 1 is 1.41 bits per heavy atom. The minimum absolute atomic E-state index is 0.183. The highest BCUT2D eigenvalue weighted by atomic mass is 19.4. The van der Waals surface area contributed by atoms with Gasteiger partial charge >= 0.3 is 6.18 Å². The van der Waals surface area contributed by atoms with E-state index >= 15 is 0 Å². The summed E-state index contributed by atoms with van der Waals surface area (Å²) in [5.74, 6) is 4.97. The fourth-order valence-corrected chi connectivity index (χ4v) is 1.29. The fraction of sp³-hybridized carbons (Fsp3) is 0.556. The van der Waals surface area contributed by atoms with E-state index in [1.54, 1.807) is 11.9 Å². The average molecular weight is 249 g/mol. The van der Waals surface area contributed by atoms with Gasteiger partial charge in [0, 0.05) is 19.7 Å². The lowest BCUT2D eigenvalue weighted by atomic mass is 10.3. The number of anilines is 2. The molecule has 0 bridgehead atoms. The first-order chi connectivity index (χ1) is 7.88. The van der Waals surface area contributed by atoms with Crippen LogP contribution in [0.5, 0.6) is 0 Å². The molecule has 5 nitrogen and oxygen atoms in total. The van der Waals surface area contributed by atoms with Crippen LogP contribution in [-0.4, -0.2) is 23.6 Å². The van der Waals surface area contributed by atoms with E-state index in [-0.39, 0.29) is 11.8 Å². The molecule has 1 heterocycles. The van der Waals surface area contributed by atoms with Crippen LogP contribution in [0.1, 0.15) is 19.0 Å². The molecule has 0 aliphatic heterocycles. The van der Waals surface area contributed by atoms with Crippen LogP contribution in [0.15, 0.2) is 6.07 Å². The monoisotopic (exact) mass is 249 g/mol. The minimum atomic E-state index is -4.52. The highest BCUT2D eigenvalue weighted by Gasteiger charge is 2.34. The summed E-state index contributed by atoms with van der Waals surface area (Å²) >= 11 is 0. The minimum Gasteiger partial charge on any atom is -0.360 e. The second-order valence-electron chi connectivity index (χ2n) is 3.50. The Morgan fingerprint density at radius 2 is 2.06 bits per heavy atom. The number of alkyl halides is 3. The molecule has 3 N–H and O–H groups in total. The quantitative estimate of drug-likeness (QED) is 0.627. The maximum absolute atomic E-state index is 12.6. The van der Waals surface area contributed by atoms with Crippen LogP contribution in [0.25, 0.3) is 0 Å². The Morgan fingerprint density at radius 3 is 2.53 bits per heavy atom. The van der Waals surface area contributed by atoms with Crippen molar-refractivity contribution in [3.63, 3.8) is 0 Å². The Kier molecular flexibility index (Phi) is 4.11. The average Bonchev–Trinajstić information content (AvgIpc) is 2.27. The topological polar surface area (TPSA) is 67.1 Å². The molecule has 96 valence electrons. The van der Waals surface area contributed by atoms with E-state index < -0.39 is 11.9 Å². The van der Waals surface area contributed by atoms with E-state index in [2.05, 4.69) is 9.97 Å². The van der Waals surface area contributed by atoms with Crippen LogP contribution in [0.2, 0.25) is 0 Å². The first-order valence-electron chi connectivity index (χ1n) is 5.02. The second kappa shape index (κ2) is 5.17. The number of nitrogens with two attached hydrogens (primary N) is 1. The van der Waals surface area contributed by atoms with Crippen LogP contribution in [-0.2, 0) is 6.18 Å². The van der Waals surface area contributed by atoms with Gasteiger partial charge in [0.05, 0.1) is 0 Å². The lowest BCUT2D eigenvalue weighted by molar-refractivity contribution is -0.141. The number of aromatic nitrogens is 2. The number of nitrogens with one attached hydrogen (secondary N) is 1. The summed E-state index contributed by atoms with van der Waals surface area (Å²) in [5, 5.41) is 0. The molecular formula is C9H14F3N5. The van der Waals surface area contributed by atoms with Crippen LogP contribution in [0, 0.1) is 0 Å². The summed E-state index contributed by atoms with van der Waals surface area (Å²) < 4.78 is 37.7. The molecule has 0 spiro atoms. The van der Waals surface area contributed by atoms with Gasteiger partial charge in [0.1, 0.15) is 5.82 Å². The van der Waals surface area contributed by atoms with Crippen molar-refractivity contribution in [2.45, 2.75) is 19.5 Å². The SMILES string of the molecule is CCCN(C)c1cc(C(F)(F)F)nc(NN)n1. The first kappa shape index (κ1) is 13.5. The van der Waals surface area contributed by atoms with E-state index in [1.165, 1.54) is 0 Å². The van der Waals surface area contributed by atoms with Gasteiger partial charge in [-0.05, 0) is 6.42 Å². The van der Waals surface area contributed by atoms with Crippen molar-refractivity contribution >= 4 is 11.8 Å². The van der Waals surface area contributed by atoms with E-state index in [4.69, 9.17) is 5.84 Å². The summed E-state index contributed by atoms with van der Waals surface area (Å²) in [6.45, 7) is 2.52. The molecule has 1 aromatic rings. The molecule has 0 atom stereocenters. The molecule has 0 aliphatic rings. The fourth-order valence-electron chi connectivity index (χ4n) is 1.29. The third kappa shape index (κ3) is 3.45. The molecule has 0 aromatic carbocycles. The Labute approximate surface area is 96.8 Å². The van der Waals surface area contributed by atoms with Crippen molar-refractivity contribution in [2.75, 3.05) is 23.9 Å². The normalized spacial score (nSPS) is 11.4. The number of halogens is 3. The lowest BCUT2D eigenvalue weighted by Crippen LogP contribution is -2.22.